The van der Waals surface area contributed by atoms with E-state index in [4.69, 9.17) is 4.74 Å². The lowest BCUT2D eigenvalue weighted by atomic mass is 10.1. The largest absolute Gasteiger partial charge is 0.380 e. The molecule has 16 heavy (non-hydrogen) atoms. The summed E-state index contributed by atoms with van der Waals surface area (Å²) in [6.07, 6.45) is 5.70. The average Bonchev–Trinajstić information content (AvgIpc) is 3.18. The van der Waals surface area contributed by atoms with Crippen LogP contribution in [0.25, 0.3) is 0 Å². The van der Waals surface area contributed by atoms with Gasteiger partial charge in [-0.15, -0.1) is 0 Å². The van der Waals surface area contributed by atoms with Gasteiger partial charge in [-0.3, -0.25) is 4.90 Å². The molecule has 0 amide bonds. The first-order chi connectivity index (χ1) is 7.92. The van der Waals surface area contributed by atoms with Crippen LogP contribution in [0.4, 0.5) is 0 Å². The molecule has 0 aromatic rings. The number of nitrogens with zero attached hydrogens (tertiary/aromatic N) is 1. The summed E-state index contributed by atoms with van der Waals surface area (Å²) in [6, 6.07) is 0.775. The van der Waals surface area contributed by atoms with Crippen molar-refractivity contribution in [1.82, 2.24) is 10.2 Å². The maximum Gasteiger partial charge on any atom is 0.0593 e. The van der Waals surface area contributed by atoms with E-state index in [2.05, 4.69) is 10.2 Å². The Kier molecular flexibility index (Phi) is 3.46. The molecule has 1 unspecified atom stereocenters. The Hall–Kier alpha value is -0.120. The van der Waals surface area contributed by atoms with Gasteiger partial charge in [0, 0.05) is 38.8 Å². The number of nitrogens with one attached hydrogen (secondary N) is 1. The summed E-state index contributed by atoms with van der Waals surface area (Å²) < 4.78 is 5.71. The van der Waals surface area contributed by atoms with Crippen LogP contribution in [0.5, 0.6) is 0 Å². The van der Waals surface area contributed by atoms with Gasteiger partial charge in [0.15, 0.2) is 0 Å². The molecule has 3 fully saturated rings. The van der Waals surface area contributed by atoms with Crippen molar-refractivity contribution in [3.63, 3.8) is 0 Å². The number of ether oxygens (including phenoxy) is 1. The number of rotatable bonds is 6. The fraction of sp³-hybridized carbons (Fsp3) is 1.00. The van der Waals surface area contributed by atoms with E-state index in [0.29, 0.717) is 0 Å². The minimum absolute atomic E-state index is 0.775. The highest BCUT2D eigenvalue weighted by atomic mass is 16.5. The highest BCUT2D eigenvalue weighted by Crippen LogP contribution is 2.33. The predicted octanol–water partition coefficient (Wildman–Crippen LogP) is 1.10. The van der Waals surface area contributed by atoms with E-state index in [1.54, 1.807) is 0 Å². The van der Waals surface area contributed by atoms with Crippen molar-refractivity contribution in [3.05, 3.63) is 0 Å². The second kappa shape index (κ2) is 5.03. The van der Waals surface area contributed by atoms with Crippen LogP contribution in [-0.4, -0.2) is 50.3 Å². The molecule has 92 valence electrons. The lowest BCUT2D eigenvalue weighted by Crippen LogP contribution is -2.52. The van der Waals surface area contributed by atoms with Gasteiger partial charge in [0.25, 0.3) is 0 Å². The summed E-state index contributed by atoms with van der Waals surface area (Å²) in [5, 5.41) is 3.65. The molecule has 1 saturated heterocycles. The van der Waals surface area contributed by atoms with Gasteiger partial charge in [-0.2, -0.15) is 0 Å². The van der Waals surface area contributed by atoms with Crippen molar-refractivity contribution >= 4 is 0 Å². The Labute approximate surface area is 98.5 Å². The Balaban J connectivity index is 1.30. The van der Waals surface area contributed by atoms with Crippen LogP contribution in [0.2, 0.25) is 0 Å². The van der Waals surface area contributed by atoms with E-state index in [1.807, 2.05) is 0 Å². The standard InChI is InChI=1S/C13H24N2O/c1-2-11(1)10-16-8-7-15-6-5-14-13(9-15)12-3-4-12/h11-14H,1-10H2. The minimum atomic E-state index is 0.775. The molecule has 1 N–H and O–H groups in total. The van der Waals surface area contributed by atoms with E-state index in [9.17, 15) is 0 Å². The number of piperazine rings is 1. The summed E-state index contributed by atoms with van der Waals surface area (Å²) in [6.45, 7) is 6.71. The molecular weight excluding hydrogens is 200 g/mol. The normalized spacial score (nSPS) is 31.9. The maximum atomic E-state index is 5.71. The molecule has 0 spiro atoms. The first-order valence-electron chi connectivity index (χ1n) is 6.95. The summed E-state index contributed by atoms with van der Waals surface area (Å²) >= 11 is 0. The highest BCUT2D eigenvalue weighted by Gasteiger charge is 2.33. The highest BCUT2D eigenvalue weighted by molar-refractivity contribution is 4.91. The molecule has 3 rings (SSSR count). The summed E-state index contributed by atoms with van der Waals surface area (Å²) in [5.74, 6) is 1.89. The Bertz CT molecular complexity index is 226. The van der Waals surface area contributed by atoms with Gasteiger partial charge in [-0.25, -0.2) is 0 Å². The van der Waals surface area contributed by atoms with Gasteiger partial charge >= 0.3 is 0 Å². The van der Waals surface area contributed by atoms with Crippen LogP contribution >= 0.6 is 0 Å². The van der Waals surface area contributed by atoms with Crippen LogP contribution in [0.3, 0.4) is 0 Å². The second-order valence-corrected chi connectivity index (χ2v) is 5.72. The van der Waals surface area contributed by atoms with E-state index >= 15 is 0 Å². The van der Waals surface area contributed by atoms with Gasteiger partial charge in [-0.1, -0.05) is 0 Å². The molecule has 0 radical (unpaired) electrons. The van der Waals surface area contributed by atoms with Gasteiger partial charge in [0.2, 0.25) is 0 Å². The lowest BCUT2D eigenvalue weighted by molar-refractivity contribution is 0.0837. The Morgan fingerprint density at radius 3 is 2.81 bits per heavy atom. The van der Waals surface area contributed by atoms with Crippen LogP contribution in [-0.2, 0) is 4.74 Å². The molecule has 1 atom stereocenters. The van der Waals surface area contributed by atoms with Crippen molar-refractivity contribution in [3.8, 4) is 0 Å². The number of hydrogen-bond acceptors (Lipinski definition) is 3. The summed E-state index contributed by atoms with van der Waals surface area (Å²) in [5.41, 5.74) is 0. The van der Waals surface area contributed by atoms with Crippen LogP contribution in [0.1, 0.15) is 25.7 Å². The second-order valence-electron chi connectivity index (χ2n) is 5.72. The van der Waals surface area contributed by atoms with Crippen molar-refractivity contribution in [2.45, 2.75) is 31.7 Å². The molecule has 0 bridgehead atoms. The van der Waals surface area contributed by atoms with Crippen molar-refractivity contribution in [2.75, 3.05) is 39.4 Å². The van der Waals surface area contributed by atoms with Crippen molar-refractivity contribution in [2.24, 2.45) is 11.8 Å². The molecule has 1 heterocycles. The third-order valence-corrected chi connectivity index (χ3v) is 4.08. The Morgan fingerprint density at radius 1 is 1.19 bits per heavy atom. The number of hydrogen-bond donors (Lipinski definition) is 1. The molecule has 1 aliphatic heterocycles. The molecule has 2 saturated carbocycles. The first-order valence-corrected chi connectivity index (χ1v) is 6.95. The molecule has 3 nitrogen and oxygen atoms in total. The quantitative estimate of drug-likeness (QED) is 0.684. The molecule has 3 heteroatoms. The summed E-state index contributed by atoms with van der Waals surface area (Å²) in [4.78, 5) is 2.58. The van der Waals surface area contributed by atoms with Gasteiger partial charge in [0.05, 0.1) is 6.61 Å². The molecular formula is C13H24N2O. The van der Waals surface area contributed by atoms with Crippen LogP contribution in [0, 0.1) is 11.8 Å². The fourth-order valence-corrected chi connectivity index (χ4v) is 2.59. The third kappa shape index (κ3) is 3.19. The minimum Gasteiger partial charge on any atom is -0.380 e. The molecule has 2 aliphatic carbocycles. The van der Waals surface area contributed by atoms with E-state index in [-0.39, 0.29) is 0 Å². The van der Waals surface area contributed by atoms with E-state index in [1.165, 1.54) is 45.3 Å². The van der Waals surface area contributed by atoms with Crippen LogP contribution in [0.15, 0.2) is 0 Å². The van der Waals surface area contributed by atoms with E-state index in [0.717, 1.165) is 37.6 Å². The predicted molar refractivity (Wildman–Crippen MR) is 64.5 cm³/mol. The van der Waals surface area contributed by atoms with Gasteiger partial charge in [0.1, 0.15) is 0 Å². The summed E-state index contributed by atoms with van der Waals surface area (Å²) in [7, 11) is 0. The lowest BCUT2D eigenvalue weighted by Gasteiger charge is -2.33. The molecule has 3 aliphatic rings. The van der Waals surface area contributed by atoms with Gasteiger partial charge < -0.3 is 10.1 Å². The fourth-order valence-electron chi connectivity index (χ4n) is 2.59. The Morgan fingerprint density at radius 2 is 2.06 bits per heavy atom. The van der Waals surface area contributed by atoms with Crippen molar-refractivity contribution in [1.29, 1.82) is 0 Å². The smallest absolute Gasteiger partial charge is 0.0593 e. The SMILES string of the molecule is C1CN(CCOCC2CC2)CC(C2CC2)N1. The average molecular weight is 224 g/mol. The monoisotopic (exact) mass is 224 g/mol. The maximum absolute atomic E-state index is 5.71. The topological polar surface area (TPSA) is 24.5 Å². The van der Waals surface area contributed by atoms with Crippen LogP contribution < -0.4 is 5.32 Å². The van der Waals surface area contributed by atoms with Gasteiger partial charge in [-0.05, 0) is 37.5 Å². The zero-order chi connectivity index (χ0) is 10.8. The zero-order valence-electron chi connectivity index (χ0n) is 10.2. The molecule has 0 aromatic heterocycles. The third-order valence-electron chi connectivity index (χ3n) is 4.08. The zero-order valence-corrected chi connectivity index (χ0v) is 10.2. The molecule has 0 aromatic carbocycles. The van der Waals surface area contributed by atoms with E-state index < -0.39 is 0 Å². The van der Waals surface area contributed by atoms with Crippen molar-refractivity contribution < 1.29 is 4.74 Å². The first kappa shape index (κ1) is 11.0.